The molecule has 0 atom stereocenters. The molecule has 0 aliphatic carbocycles. The molecule has 2 aromatic rings. The summed E-state index contributed by atoms with van der Waals surface area (Å²) in [5, 5.41) is 0. The number of nitrogen functional groups attached to an aromatic ring is 1. The molecule has 0 aliphatic heterocycles. The molecule has 0 aliphatic rings. The molecule has 0 fully saturated rings. The minimum Gasteiger partial charge on any atom is -0.384 e. The van der Waals surface area contributed by atoms with Crippen molar-refractivity contribution in [1.82, 2.24) is 15.0 Å². The predicted molar refractivity (Wildman–Crippen MR) is 68.5 cm³/mol. The van der Waals surface area contributed by atoms with Crippen molar-refractivity contribution < 1.29 is 0 Å². The number of aromatic nitrogens is 3. The highest BCUT2D eigenvalue weighted by Gasteiger charge is 2.08. The van der Waals surface area contributed by atoms with Crippen LogP contribution in [0.2, 0.25) is 0 Å². The largest absolute Gasteiger partial charge is 0.384 e. The second kappa shape index (κ2) is 4.49. The van der Waals surface area contributed by atoms with Gasteiger partial charge in [0.2, 0.25) is 0 Å². The van der Waals surface area contributed by atoms with Crippen LogP contribution in [0.5, 0.6) is 0 Å². The second-order valence-corrected chi connectivity index (χ2v) is 4.38. The fourth-order valence-electron chi connectivity index (χ4n) is 1.51. The van der Waals surface area contributed by atoms with Gasteiger partial charge in [0.25, 0.3) is 0 Å². The van der Waals surface area contributed by atoms with Gasteiger partial charge in [-0.1, -0.05) is 13.8 Å². The van der Waals surface area contributed by atoms with E-state index in [1.165, 1.54) is 0 Å². The first-order valence-corrected chi connectivity index (χ1v) is 5.63. The third-order valence-electron chi connectivity index (χ3n) is 2.53. The molecule has 88 valence electrons. The Hall–Kier alpha value is -1.97. The van der Waals surface area contributed by atoms with Crippen molar-refractivity contribution in [2.45, 2.75) is 26.7 Å². The maximum atomic E-state index is 5.79. The van der Waals surface area contributed by atoms with E-state index in [1.807, 2.05) is 25.1 Å². The molecule has 2 heterocycles. The Bertz CT molecular complexity index is 517. The van der Waals surface area contributed by atoms with Gasteiger partial charge in [-0.25, -0.2) is 9.97 Å². The lowest BCUT2D eigenvalue weighted by Crippen LogP contribution is -2.02. The van der Waals surface area contributed by atoms with E-state index in [1.54, 1.807) is 6.20 Å². The van der Waals surface area contributed by atoms with Gasteiger partial charge in [0.1, 0.15) is 5.82 Å². The van der Waals surface area contributed by atoms with Crippen LogP contribution in [0.3, 0.4) is 0 Å². The van der Waals surface area contributed by atoms with Gasteiger partial charge in [-0.15, -0.1) is 0 Å². The van der Waals surface area contributed by atoms with Gasteiger partial charge in [-0.3, -0.25) is 4.98 Å². The topological polar surface area (TPSA) is 64.7 Å². The van der Waals surface area contributed by atoms with Crippen molar-refractivity contribution in [2.75, 3.05) is 5.73 Å². The number of rotatable bonds is 2. The van der Waals surface area contributed by atoms with Crippen molar-refractivity contribution in [3.8, 4) is 11.4 Å². The highest BCUT2D eigenvalue weighted by molar-refractivity contribution is 5.56. The molecule has 2 N–H and O–H groups in total. The third kappa shape index (κ3) is 2.58. The maximum Gasteiger partial charge on any atom is 0.163 e. The van der Waals surface area contributed by atoms with Crippen LogP contribution < -0.4 is 5.73 Å². The van der Waals surface area contributed by atoms with E-state index < -0.39 is 0 Å². The Morgan fingerprint density at radius 1 is 1.18 bits per heavy atom. The van der Waals surface area contributed by atoms with E-state index in [9.17, 15) is 0 Å². The lowest BCUT2D eigenvalue weighted by atomic mass is 10.1. The first kappa shape index (κ1) is 11.5. The van der Waals surface area contributed by atoms with Crippen LogP contribution in [-0.4, -0.2) is 15.0 Å². The fraction of sp³-hybridized carbons (Fsp3) is 0.308. The van der Waals surface area contributed by atoms with Crippen LogP contribution in [0.4, 0.5) is 5.82 Å². The summed E-state index contributed by atoms with van der Waals surface area (Å²) in [7, 11) is 0. The number of pyridine rings is 1. The monoisotopic (exact) mass is 228 g/mol. The minimum absolute atomic E-state index is 0.331. The molecule has 0 saturated carbocycles. The van der Waals surface area contributed by atoms with Crippen molar-refractivity contribution >= 4 is 5.82 Å². The van der Waals surface area contributed by atoms with Crippen LogP contribution in [0, 0.1) is 6.92 Å². The van der Waals surface area contributed by atoms with E-state index in [4.69, 9.17) is 5.73 Å². The number of aryl methyl sites for hydroxylation is 1. The molecule has 2 aromatic heterocycles. The number of nitrogens with zero attached hydrogens (tertiary/aromatic N) is 3. The molecular weight excluding hydrogens is 212 g/mol. The summed E-state index contributed by atoms with van der Waals surface area (Å²) in [6.07, 6.45) is 1.77. The fourth-order valence-corrected chi connectivity index (χ4v) is 1.51. The lowest BCUT2D eigenvalue weighted by molar-refractivity contribution is 0.818. The first-order valence-electron chi connectivity index (χ1n) is 5.63. The molecule has 0 spiro atoms. The van der Waals surface area contributed by atoms with E-state index >= 15 is 0 Å². The van der Waals surface area contributed by atoms with E-state index in [-0.39, 0.29) is 0 Å². The molecule has 0 unspecified atom stereocenters. The molecular formula is C13H16N4. The zero-order valence-corrected chi connectivity index (χ0v) is 10.3. The van der Waals surface area contributed by atoms with E-state index in [0.29, 0.717) is 17.6 Å². The van der Waals surface area contributed by atoms with Crippen LogP contribution in [0.15, 0.2) is 24.4 Å². The second-order valence-electron chi connectivity index (χ2n) is 4.38. The summed E-state index contributed by atoms with van der Waals surface area (Å²) in [4.78, 5) is 13.0. The Morgan fingerprint density at radius 3 is 2.53 bits per heavy atom. The predicted octanol–water partition coefficient (Wildman–Crippen LogP) is 2.55. The Balaban J connectivity index is 2.48. The first-order chi connectivity index (χ1) is 8.06. The normalized spacial score (nSPS) is 10.8. The average Bonchev–Trinajstić information content (AvgIpc) is 2.29. The van der Waals surface area contributed by atoms with E-state index in [0.717, 1.165) is 17.0 Å². The van der Waals surface area contributed by atoms with Gasteiger partial charge in [-0.05, 0) is 25.0 Å². The summed E-state index contributed by atoms with van der Waals surface area (Å²) in [5.41, 5.74) is 8.61. The quantitative estimate of drug-likeness (QED) is 0.857. The molecule has 0 saturated heterocycles. The van der Waals surface area contributed by atoms with Gasteiger partial charge >= 0.3 is 0 Å². The van der Waals surface area contributed by atoms with E-state index in [2.05, 4.69) is 28.8 Å². The highest BCUT2D eigenvalue weighted by atomic mass is 14.9. The standard InChI is InChI=1S/C13H16N4/c1-8(2)11-6-12(14)17-13(16-11)10-5-4-9(3)15-7-10/h4-8H,1-3H3,(H2,14,16,17). The Labute approximate surface area is 101 Å². The summed E-state index contributed by atoms with van der Waals surface area (Å²) in [6, 6.07) is 5.72. The summed E-state index contributed by atoms with van der Waals surface area (Å²) >= 11 is 0. The molecule has 0 bridgehead atoms. The Kier molecular flexibility index (Phi) is 3.04. The molecule has 0 aromatic carbocycles. The summed E-state index contributed by atoms with van der Waals surface area (Å²) in [6.45, 7) is 6.11. The highest BCUT2D eigenvalue weighted by Crippen LogP contribution is 2.20. The minimum atomic E-state index is 0.331. The molecule has 0 amide bonds. The zero-order valence-electron chi connectivity index (χ0n) is 10.3. The molecule has 4 nitrogen and oxygen atoms in total. The molecule has 17 heavy (non-hydrogen) atoms. The number of nitrogens with two attached hydrogens (primary N) is 1. The van der Waals surface area contributed by atoms with Crippen LogP contribution in [0.1, 0.15) is 31.2 Å². The molecule has 4 heteroatoms. The molecule has 2 rings (SSSR count). The molecule has 0 radical (unpaired) electrons. The third-order valence-corrected chi connectivity index (χ3v) is 2.53. The number of hydrogen-bond donors (Lipinski definition) is 1. The van der Waals surface area contributed by atoms with Crippen molar-refractivity contribution in [3.63, 3.8) is 0 Å². The van der Waals surface area contributed by atoms with Crippen molar-refractivity contribution in [3.05, 3.63) is 35.8 Å². The van der Waals surface area contributed by atoms with Gasteiger partial charge < -0.3 is 5.73 Å². The summed E-state index contributed by atoms with van der Waals surface area (Å²) < 4.78 is 0. The Morgan fingerprint density at radius 2 is 1.94 bits per heavy atom. The zero-order chi connectivity index (χ0) is 12.4. The van der Waals surface area contributed by atoms with Gasteiger partial charge in [-0.2, -0.15) is 0 Å². The van der Waals surface area contributed by atoms with Crippen molar-refractivity contribution in [2.24, 2.45) is 0 Å². The van der Waals surface area contributed by atoms with Crippen LogP contribution in [-0.2, 0) is 0 Å². The maximum absolute atomic E-state index is 5.79. The van der Waals surface area contributed by atoms with Crippen molar-refractivity contribution in [1.29, 1.82) is 0 Å². The summed E-state index contributed by atoms with van der Waals surface area (Å²) in [5.74, 6) is 1.47. The SMILES string of the molecule is Cc1ccc(-c2nc(N)cc(C(C)C)n2)cn1. The average molecular weight is 228 g/mol. The smallest absolute Gasteiger partial charge is 0.163 e. The van der Waals surface area contributed by atoms with Gasteiger partial charge in [0, 0.05) is 29.2 Å². The lowest BCUT2D eigenvalue weighted by Gasteiger charge is -2.08. The van der Waals surface area contributed by atoms with Gasteiger partial charge in [0.05, 0.1) is 0 Å². The van der Waals surface area contributed by atoms with Crippen LogP contribution >= 0.6 is 0 Å². The van der Waals surface area contributed by atoms with Crippen LogP contribution in [0.25, 0.3) is 11.4 Å². The number of anilines is 1. The van der Waals surface area contributed by atoms with Gasteiger partial charge in [0.15, 0.2) is 5.82 Å². The number of hydrogen-bond acceptors (Lipinski definition) is 4.